The van der Waals surface area contributed by atoms with E-state index >= 15 is 0 Å². The Morgan fingerprint density at radius 3 is 2.70 bits per heavy atom. The number of amides is 1. The number of benzene rings is 2. The van der Waals surface area contributed by atoms with Crippen LogP contribution in [0.1, 0.15) is 10.4 Å². The lowest BCUT2D eigenvalue weighted by molar-refractivity contribution is -0.384. The second kappa shape index (κ2) is 5.94. The molecule has 0 aliphatic carbocycles. The molecule has 1 heterocycles. The first-order valence-electron chi connectivity index (χ1n) is 6.30. The summed E-state index contributed by atoms with van der Waals surface area (Å²) in [6.07, 6.45) is 0. The zero-order valence-corrected chi connectivity index (χ0v) is 12.9. The predicted octanol–water partition coefficient (Wildman–Crippen LogP) is 3.88. The molecule has 1 aliphatic heterocycles. The number of rotatable bonds is 3. The number of anilines is 1. The van der Waals surface area contributed by atoms with Crippen molar-refractivity contribution in [2.45, 2.75) is 0 Å². The molecule has 2 aromatic rings. The second-order valence-corrected chi connectivity index (χ2v) is 5.38. The van der Waals surface area contributed by atoms with Crippen molar-refractivity contribution in [2.24, 2.45) is 0 Å². The number of nitro benzene ring substituents is 1. The van der Waals surface area contributed by atoms with Crippen LogP contribution in [-0.2, 0) is 0 Å². The molecule has 0 saturated heterocycles. The monoisotopic (exact) mass is 354 g/mol. The van der Waals surface area contributed by atoms with Crippen LogP contribution < -0.4 is 14.8 Å². The van der Waals surface area contributed by atoms with Crippen LogP contribution in [0.5, 0.6) is 11.5 Å². The molecule has 0 radical (unpaired) electrons. The summed E-state index contributed by atoms with van der Waals surface area (Å²) in [4.78, 5) is 22.5. The largest absolute Gasteiger partial charge is 0.454 e. The minimum absolute atomic E-state index is 0.0147. The van der Waals surface area contributed by atoms with E-state index in [0.717, 1.165) is 0 Å². The molecular formula is C14H8Cl2N2O5. The van der Waals surface area contributed by atoms with E-state index in [9.17, 15) is 14.9 Å². The highest BCUT2D eigenvalue weighted by Crippen LogP contribution is 2.40. The highest BCUT2D eigenvalue weighted by atomic mass is 35.5. The summed E-state index contributed by atoms with van der Waals surface area (Å²) < 4.78 is 10.4. The van der Waals surface area contributed by atoms with E-state index in [1.54, 1.807) is 0 Å². The molecule has 1 N–H and O–H groups in total. The van der Waals surface area contributed by atoms with Gasteiger partial charge in [-0.3, -0.25) is 14.9 Å². The first-order chi connectivity index (χ1) is 11.0. The summed E-state index contributed by atoms with van der Waals surface area (Å²) in [5.41, 5.74) is 0.171. The standard InChI is InChI=1S/C14H8Cl2N2O5/c15-9-2-1-8(5-11(9)18(20)21)17-14(19)7-3-10(16)13-12(4-7)22-6-23-13/h1-5H,6H2,(H,17,19). The zero-order valence-electron chi connectivity index (χ0n) is 11.3. The summed E-state index contributed by atoms with van der Waals surface area (Å²) in [7, 11) is 0. The Labute approximate surface area is 139 Å². The molecule has 1 amide bonds. The lowest BCUT2D eigenvalue weighted by Gasteiger charge is -2.07. The Kier molecular flexibility index (Phi) is 3.97. The Morgan fingerprint density at radius 1 is 1.17 bits per heavy atom. The van der Waals surface area contributed by atoms with Gasteiger partial charge in [0.1, 0.15) is 5.02 Å². The molecular weight excluding hydrogens is 347 g/mol. The molecule has 1 aliphatic rings. The third-order valence-electron chi connectivity index (χ3n) is 3.09. The van der Waals surface area contributed by atoms with Crippen molar-refractivity contribution in [1.82, 2.24) is 0 Å². The molecule has 118 valence electrons. The van der Waals surface area contributed by atoms with E-state index in [4.69, 9.17) is 32.7 Å². The van der Waals surface area contributed by atoms with Crippen LogP contribution in [0.3, 0.4) is 0 Å². The van der Waals surface area contributed by atoms with Gasteiger partial charge >= 0.3 is 0 Å². The summed E-state index contributed by atoms with van der Waals surface area (Å²) in [6, 6.07) is 6.88. The van der Waals surface area contributed by atoms with Gasteiger partial charge in [0.05, 0.1) is 9.95 Å². The van der Waals surface area contributed by atoms with Gasteiger partial charge in [-0.25, -0.2) is 0 Å². The minimum Gasteiger partial charge on any atom is -0.454 e. The number of fused-ring (bicyclic) bond motifs is 1. The lowest BCUT2D eigenvalue weighted by atomic mass is 10.1. The predicted molar refractivity (Wildman–Crippen MR) is 83.6 cm³/mol. The van der Waals surface area contributed by atoms with Crippen LogP contribution in [0.25, 0.3) is 0 Å². The summed E-state index contributed by atoms with van der Waals surface area (Å²) >= 11 is 11.7. The average Bonchev–Trinajstić information content (AvgIpc) is 2.98. The van der Waals surface area contributed by atoms with Crippen LogP contribution in [0, 0.1) is 10.1 Å². The Hall–Kier alpha value is -2.51. The maximum atomic E-state index is 12.3. The lowest BCUT2D eigenvalue weighted by Crippen LogP contribution is -2.12. The summed E-state index contributed by atoms with van der Waals surface area (Å²) in [5, 5.41) is 13.6. The molecule has 0 unspecified atom stereocenters. The SMILES string of the molecule is O=C(Nc1ccc(Cl)c([N+](=O)[O-])c1)c1cc(Cl)c2c(c1)OCO2. The highest BCUT2D eigenvalue weighted by Gasteiger charge is 2.21. The van der Waals surface area contributed by atoms with Gasteiger partial charge < -0.3 is 14.8 Å². The van der Waals surface area contributed by atoms with E-state index in [2.05, 4.69) is 5.32 Å². The van der Waals surface area contributed by atoms with Crippen molar-refractivity contribution in [3.8, 4) is 11.5 Å². The third kappa shape index (κ3) is 3.01. The maximum absolute atomic E-state index is 12.3. The number of halogens is 2. The molecule has 23 heavy (non-hydrogen) atoms. The first kappa shape index (κ1) is 15.4. The van der Waals surface area contributed by atoms with E-state index in [1.807, 2.05) is 0 Å². The Balaban J connectivity index is 1.87. The number of carbonyl (C=O) groups is 1. The number of nitrogens with one attached hydrogen (secondary N) is 1. The van der Waals surface area contributed by atoms with Crippen LogP contribution in [-0.4, -0.2) is 17.6 Å². The van der Waals surface area contributed by atoms with Gasteiger partial charge in [0.25, 0.3) is 11.6 Å². The number of nitro groups is 1. The quantitative estimate of drug-likeness (QED) is 0.666. The van der Waals surface area contributed by atoms with Crippen molar-refractivity contribution in [1.29, 1.82) is 0 Å². The van der Waals surface area contributed by atoms with Gasteiger partial charge in [-0.2, -0.15) is 0 Å². The van der Waals surface area contributed by atoms with Crippen LogP contribution in [0.2, 0.25) is 10.0 Å². The summed E-state index contributed by atoms with van der Waals surface area (Å²) in [6.45, 7) is 0.0313. The topological polar surface area (TPSA) is 90.7 Å². The van der Waals surface area contributed by atoms with Gasteiger partial charge in [0, 0.05) is 17.3 Å². The Bertz CT molecular complexity index is 825. The van der Waals surface area contributed by atoms with E-state index < -0.39 is 10.8 Å². The normalized spacial score (nSPS) is 12.1. The van der Waals surface area contributed by atoms with Crippen molar-refractivity contribution < 1.29 is 19.2 Å². The molecule has 0 aromatic heterocycles. The van der Waals surface area contributed by atoms with Gasteiger partial charge in [0.2, 0.25) is 6.79 Å². The van der Waals surface area contributed by atoms with Crippen molar-refractivity contribution >= 4 is 40.5 Å². The average molecular weight is 355 g/mol. The van der Waals surface area contributed by atoms with Gasteiger partial charge in [-0.15, -0.1) is 0 Å². The molecule has 2 aromatic carbocycles. The molecule has 7 nitrogen and oxygen atoms in total. The van der Waals surface area contributed by atoms with E-state index in [0.29, 0.717) is 11.5 Å². The third-order valence-corrected chi connectivity index (χ3v) is 3.69. The van der Waals surface area contributed by atoms with Crippen molar-refractivity contribution in [3.05, 3.63) is 56.1 Å². The van der Waals surface area contributed by atoms with Crippen molar-refractivity contribution in [2.75, 3.05) is 12.1 Å². The van der Waals surface area contributed by atoms with Gasteiger partial charge in [-0.1, -0.05) is 23.2 Å². The minimum atomic E-state index is -0.630. The highest BCUT2D eigenvalue weighted by molar-refractivity contribution is 6.33. The van der Waals surface area contributed by atoms with Gasteiger partial charge in [0.15, 0.2) is 11.5 Å². The molecule has 3 rings (SSSR count). The number of hydrogen-bond acceptors (Lipinski definition) is 5. The maximum Gasteiger partial charge on any atom is 0.289 e. The second-order valence-electron chi connectivity index (χ2n) is 4.57. The van der Waals surface area contributed by atoms with E-state index in [1.165, 1.54) is 30.3 Å². The van der Waals surface area contributed by atoms with Crippen molar-refractivity contribution in [3.63, 3.8) is 0 Å². The van der Waals surface area contributed by atoms with Gasteiger partial charge in [-0.05, 0) is 24.3 Å². The fourth-order valence-corrected chi connectivity index (χ4v) is 2.48. The van der Waals surface area contributed by atoms with Crippen LogP contribution in [0.4, 0.5) is 11.4 Å². The Morgan fingerprint density at radius 2 is 1.96 bits per heavy atom. The summed E-state index contributed by atoms with van der Waals surface area (Å²) in [5.74, 6) is 0.247. The number of nitrogens with zero attached hydrogens (tertiary/aromatic N) is 1. The number of hydrogen-bond donors (Lipinski definition) is 1. The van der Waals surface area contributed by atoms with Crippen LogP contribution >= 0.6 is 23.2 Å². The van der Waals surface area contributed by atoms with E-state index in [-0.39, 0.29) is 33.8 Å². The molecule has 0 saturated carbocycles. The van der Waals surface area contributed by atoms with Crippen LogP contribution in [0.15, 0.2) is 30.3 Å². The molecule has 0 spiro atoms. The molecule has 0 atom stereocenters. The molecule has 0 bridgehead atoms. The molecule has 9 heteroatoms. The fraction of sp³-hybridized carbons (Fsp3) is 0.0714. The molecule has 0 fully saturated rings. The zero-order chi connectivity index (χ0) is 16.6. The fourth-order valence-electron chi connectivity index (χ4n) is 2.03. The number of ether oxygens (including phenoxy) is 2. The smallest absolute Gasteiger partial charge is 0.289 e. The first-order valence-corrected chi connectivity index (χ1v) is 7.06. The number of carbonyl (C=O) groups excluding carboxylic acids is 1.